The van der Waals surface area contributed by atoms with E-state index < -0.39 is 0 Å². The second-order valence-electron chi connectivity index (χ2n) is 5.33. The van der Waals surface area contributed by atoms with Crippen LogP contribution in [0.3, 0.4) is 0 Å². The minimum absolute atomic E-state index is 0.722. The van der Waals surface area contributed by atoms with Crippen LogP contribution in [-0.4, -0.2) is 25.1 Å². The molecule has 0 aliphatic rings. The van der Waals surface area contributed by atoms with Gasteiger partial charge in [-0.05, 0) is 48.4 Å². The van der Waals surface area contributed by atoms with Crippen LogP contribution in [-0.2, 0) is 13.1 Å². The molecule has 0 aliphatic carbocycles. The zero-order valence-corrected chi connectivity index (χ0v) is 14.6. The highest BCUT2D eigenvalue weighted by atomic mass is 79.9. The largest absolute Gasteiger partial charge is 0.497 e. The van der Waals surface area contributed by atoms with Gasteiger partial charge in [0.05, 0.1) is 7.11 Å². The molecular formula is C18H23BrN2O. The summed E-state index contributed by atoms with van der Waals surface area (Å²) in [6, 6.07) is 16.8. The van der Waals surface area contributed by atoms with Crippen LogP contribution in [0.1, 0.15) is 17.5 Å². The molecule has 0 aliphatic heterocycles. The van der Waals surface area contributed by atoms with E-state index in [0.29, 0.717) is 0 Å². The number of ether oxygens (including phenoxy) is 1. The van der Waals surface area contributed by atoms with Gasteiger partial charge < -0.3 is 10.5 Å². The Morgan fingerprint density at radius 2 is 1.50 bits per heavy atom. The highest BCUT2D eigenvalue weighted by Crippen LogP contribution is 2.16. The smallest absolute Gasteiger partial charge is 0.118 e. The standard InChI is InChI=1S/C18H23BrN2O/c1-22-18-9-5-16(6-10-18)14-21(12-2-11-20)13-15-3-7-17(19)8-4-15/h3-10H,2,11-14,20H2,1H3. The van der Waals surface area contributed by atoms with Gasteiger partial charge in [-0.25, -0.2) is 0 Å². The third kappa shape index (κ3) is 5.44. The molecule has 2 N–H and O–H groups in total. The minimum Gasteiger partial charge on any atom is -0.497 e. The Morgan fingerprint density at radius 1 is 0.955 bits per heavy atom. The Morgan fingerprint density at radius 3 is 2.00 bits per heavy atom. The summed E-state index contributed by atoms with van der Waals surface area (Å²) in [5, 5.41) is 0. The van der Waals surface area contributed by atoms with E-state index in [0.717, 1.165) is 42.8 Å². The Bertz CT molecular complexity index is 554. The highest BCUT2D eigenvalue weighted by Gasteiger charge is 2.07. The molecule has 0 fully saturated rings. The SMILES string of the molecule is COc1ccc(CN(CCCN)Cc2ccc(Br)cc2)cc1. The van der Waals surface area contributed by atoms with Gasteiger partial charge >= 0.3 is 0 Å². The lowest BCUT2D eigenvalue weighted by Gasteiger charge is -2.22. The Labute approximate surface area is 141 Å². The van der Waals surface area contributed by atoms with Crippen LogP contribution in [0.2, 0.25) is 0 Å². The highest BCUT2D eigenvalue weighted by molar-refractivity contribution is 9.10. The zero-order chi connectivity index (χ0) is 15.8. The van der Waals surface area contributed by atoms with Crippen molar-refractivity contribution in [1.29, 1.82) is 0 Å². The predicted molar refractivity (Wildman–Crippen MR) is 94.9 cm³/mol. The Kier molecular flexibility index (Phi) is 6.90. The van der Waals surface area contributed by atoms with Crippen molar-refractivity contribution in [2.75, 3.05) is 20.2 Å². The van der Waals surface area contributed by atoms with Crippen molar-refractivity contribution in [2.45, 2.75) is 19.5 Å². The van der Waals surface area contributed by atoms with Crippen LogP contribution in [0.15, 0.2) is 53.0 Å². The number of halogens is 1. The first-order valence-electron chi connectivity index (χ1n) is 7.51. The summed E-state index contributed by atoms with van der Waals surface area (Å²) in [5.41, 5.74) is 8.27. The van der Waals surface area contributed by atoms with Crippen LogP contribution >= 0.6 is 15.9 Å². The number of hydrogen-bond acceptors (Lipinski definition) is 3. The number of methoxy groups -OCH3 is 1. The normalized spacial score (nSPS) is 10.9. The second-order valence-corrected chi connectivity index (χ2v) is 6.24. The van der Waals surface area contributed by atoms with Gasteiger partial charge in [0.2, 0.25) is 0 Å². The lowest BCUT2D eigenvalue weighted by atomic mass is 10.1. The van der Waals surface area contributed by atoms with Crippen molar-refractivity contribution in [2.24, 2.45) is 5.73 Å². The van der Waals surface area contributed by atoms with Gasteiger partial charge in [-0.1, -0.05) is 40.2 Å². The van der Waals surface area contributed by atoms with Crippen molar-refractivity contribution >= 4 is 15.9 Å². The average Bonchev–Trinajstić information content (AvgIpc) is 2.55. The molecule has 0 saturated heterocycles. The van der Waals surface area contributed by atoms with E-state index in [9.17, 15) is 0 Å². The molecule has 0 amide bonds. The lowest BCUT2D eigenvalue weighted by molar-refractivity contribution is 0.255. The van der Waals surface area contributed by atoms with Crippen LogP contribution in [0, 0.1) is 0 Å². The monoisotopic (exact) mass is 362 g/mol. The quantitative estimate of drug-likeness (QED) is 0.775. The van der Waals surface area contributed by atoms with Crippen LogP contribution < -0.4 is 10.5 Å². The summed E-state index contributed by atoms with van der Waals surface area (Å²) in [5.74, 6) is 0.894. The fraction of sp³-hybridized carbons (Fsp3) is 0.333. The van der Waals surface area contributed by atoms with Crippen LogP contribution in [0.5, 0.6) is 5.75 Å². The van der Waals surface area contributed by atoms with E-state index in [1.54, 1.807) is 7.11 Å². The zero-order valence-electron chi connectivity index (χ0n) is 13.0. The van der Waals surface area contributed by atoms with E-state index in [2.05, 4.69) is 57.2 Å². The fourth-order valence-corrected chi connectivity index (χ4v) is 2.63. The molecule has 2 aromatic carbocycles. The molecule has 2 rings (SSSR count). The van der Waals surface area contributed by atoms with Crippen LogP contribution in [0.4, 0.5) is 0 Å². The molecule has 0 radical (unpaired) electrons. The topological polar surface area (TPSA) is 38.5 Å². The first kappa shape index (κ1) is 17.0. The lowest BCUT2D eigenvalue weighted by Crippen LogP contribution is -2.25. The van der Waals surface area contributed by atoms with Gasteiger partial charge in [0.25, 0.3) is 0 Å². The molecule has 2 aromatic rings. The maximum absolute atomic E-state index is 5.67. The molecule has 0 bridgehead atoms. The van der Waals surface area contributed by atoms with E-state index in [1.165, 1.54) is 11.1 Å². The van der Waals surface area contributed by atoms with Gasteiger partial charge in [-0.2, -0.15) is 0 Å². The number of nitrogens with two attached hydrogens (primary N) is 1. The van der Waals surface area contributed by atoms with Crippen molar-refractivity contribution in [1.82, 2.24) is 4.90 Å². The molecule has 0 spiro atoms. The molecule has 22 heavy (non-hydrogen) atoms. The average molecular weight is 363 g/mol. The maximum Gasteiger partial charge on any atom is 0.118 e. The minimum atomic E-state index is 0.722. The molecule has 0 atom stereocenters. The van der Waals surface area contributed by atoms with E-state index in [-0.39, 0.29) is 0 Å². The molecule has 0 unspecified atom stereocenters. The number of hydrogen-bond donors (Lipinski definition) is 1. The van der Waals surface area contributed by atoms with Crippen molar-refractivity contribution in [3.63, 3.8) is 0 Å². The predicted octanol–water partition coefficient (Wildman–Crippen LogP) is 3.81. The summed E-state index contributed by atoms with van der Waals surface area (Å²) >= 11 is 3.48. The van der Waals surface area contributed by atoms with Gasteiger partial charge in [-0.3, -0.25) is 4.90 Å². The van der Waals surface area contributed by atoms with Crippen molar-refractivity contribution in [3.8, 4) is 5.75 Å². The summed E-state index contributed by atoms with van der Waals surface area (Å²) in [6.45, 7) is 3.57. The van der Waals surface area contributed by atoms with Crippen molar-refractivity contribution in [3.05, 3.63) is 64.1 Å². The molecule has 0 aromatic heterocycles. The van der Waals surface area contributed by atoms with Gasteiger partial charge in [0.1, 0.15) is 5.75 Å². The molecule has 118 valence electrons. The first-order chi connectivity index (χ1) is 10.7. The third-order valence-electron chi connectivity index (χ3n) is 3.56. The molecular weight excluding hydrogens is 340 g/mol. The van der Waals surface area contributed by atoms with Gasteiger partial charge in [0.15, 0.2) is 0 Å². The first-order valence-corrected chi connectivity index (χ1v) is 8.30. The molecule has 4 heteroatoms. The third-order valence-corrected chi connectivity index (χ3v) is 4.09. The molecule has 0 heterocycles. The van der Waals surface area contributed by atoms with E-state index in [1.807, 2.05) is 12.1 Å². The van der Waals surface area contributed by atoms with E-state index >= 15 is 0 Å². The summed E-state index contributed by atoms with van der Waals surface area (Å²) < 4.78 is 6.32. The van der Waals surface area contributed by atoms with E-state index in [4.69, 9.17) is 10.5 Å². The van der Waals surface area contributed by atoms with Gasteiger partial charge in [0, 0.05) is 24.1 Å². The molecule has 0 saturated carbocycles. The number of rotatable bonds is 8. The van der Waals surface area contributed by atoms with Crippen molar-refractivity contribution < 1.29 is 4.74 Å². The fourth-order valence-electron chi connectivity index (χ4n) is 2.37. The summed E-state index contributed by atoms with van der Waals surface area (Å²) in [4.78, 5) is 2.43. The Balaban J connectivity index is 2.02. The Hall–Kier alpha value is -1.36. The van der Waals surface area contributed by atoms with Crippen LogP contribution in [0.25, 0.3) is 0 Å². The maximum atomic E-state index is 5.67. The second kappa shape index (κ2) is 8.93. The number of nitrogens with zero attached hydrogens (tertiary/aromatic N) is 1. The van der Waals surface area contributed by atoms with Gasteiger partial charge in [-0.15, -0.1) is 0 Å². The molecule has 3 nitrogen and oxygen atoms in total. The number of benzene rings is 2. The summed E-state index contributed by atoms with van der Waals surface area (Å²) in [6.07, 6.45) is 1.01. The summed E-state index contributed by atoms with van der Waals surface area (Å²) in [7, 11) is 1.69.